The van der Waals surface area contributed by atoms with Crippen molar-refractivity contribution in [2.75, 3.05) is 0 Å². The number of nitrogens with two attached hydrogens (primary N) is 1. The van der Waals surface area contributed by atoms with Gasteiger partial charge in [0.15, 0.2) is 11.6 Å². The van der Waals surface area contributed by atoms with Crippen LogP contribution < -0.4 is 10.5 Å². The summed E-state index contributed by atoms with van der Waals surface area (Å²) in [5, 5.41) is 0. The molecule has 1 aromatic rings. The third kappa shape index (κ3) is 3.99. The van der Waals surface area contributed by atoms with E-state index in [1.807, 2.05) is 6.92 Å². The Hall–Kier alpha value is -1.05. The van der Waals surface area contributed by atoms with Crippen LogP contribution in [-0.2, 0) is 16.6 Å². The first kappa shape index (κ1) is 16.3. The molecule has 1 atom stereocenters. The maximum Gasteiger partial charge on any atom is 0.243 e. The molecule has 4 nitrogen and oxygen atoms in total. The van der Waals surface area contributed by atoms with Crippen molar-refractivity contribution in [3.8, 4) is 0 Å². The normalized spacial score (nSPS) is 17.0. The van der Waals surface area contributed by atoms with Gasteiger partial charge in [0.25, 0.3) is 0 Å². The van der Waals surface area contributed by atoms with Gasteiger partial charge in [-0.15, -0.1) is 0 Å². The van der Waals surface area contributed by atoms with E-state index >= 15 is 0 Å². The molecule has 1 unspecified atom stereocenters. The molecule has 1 saturated carbocycles. The van der Waals surface area contributed by atoms with Crippen LogP contribution in [0.4, 0.5) is 8.78 Å². The lowest BCUT2D eigenvalue weighted by Crippen LogP contribution is -2.35. The highest BCUT2D eigenvalue weighted by molar-refractivity contribution is 7.89. The molecular weight excluding hydrogens is 298 g/mol. The molecule has 1 aromatic carbocycles. The Bertz CT molecular complexity index is 616. The monoisotopic (exact) mass is 318 g/mol. The average molecular weight is 318 g/mol. The topological polar surface area (TPSA) is 72.2 Å². The molecule has 2 rings (SSSR count). The van der Waals surface area contributed by atoms with Gasteiger partial charge in [-0.25, -0.2) is 21.9 Å². The van der Waals surface area contributed by atoms with Gasteiger partial charge in [-0.1, -0.05) is 19.8 Å². The van der Waals surface area contributed by atoms with Gasteiger partial charge in [0.05, 0.1) is 0 Å². The quantitative estimate of drug-likeness (QED) is 0.810. The van der Waals surface area contributed by atoms with Crippen LogP contribution in [0.1, 0.15) is 38.2 Å². The molecule has 0 aliphatic heterocycles. The molecule has 0 amide bonds. The fourth-order valence-corrected chi connectivity index (χ4v) is 3.74. The Morgan fingerprint density at radius 1 is 1.38 bits per heavy atom. The maximum atomic E-state index is 13.8. The van der Waals surface area contributed by atoms with E-state index in [1.165, 1.54) is 0 Å². The molecule has 0 radical (unpaired) electrons. The van der Waals surface area contributed by atoms with Crippen LogP contribution in [0.3, 0.4) is 0 Å². The van der Waals surface area contributed by atoms with E-state index in [1.54, 1.807) is 0 Å². The first-order chi connectivity index (χ1) is 9.87. The van der Waals surface area contributed by atoms with Crippen molar-refractivity contribution >= 4 is 10.0 Å². The minimum absolute atomic E-state index is 0.0565. The van der Waals surface area contributed by atoms with Crippen LogP contribution in [0.5, 0.6) is 0 Å². The largest absolute Gasteiger partial charge is 0.326 e. The Kier molecular flexibility index (Phi) is 4.95. The van der Waals surface area contributed by atoms with Gasteiger partial charge in [-0.2, -0.15) is 0 Å². The van der Waals surface area contributed by atoms with E-state index in [0.29, 0.717) is 12.3 Å². The first-order valence-electron chi connectivity index (χ1n) is 7.07. The van der Waals surface area contributed by atoms with Crippen molar-refractivity contribution in [1.29, 1.82) is 0 Å². The number of hydrogen-bond acceptors (Lipinski definition) is 3. The molecule has 1 fully saturated rings. The van der Waals surface area contributed by atoms with Crippen LogP contribution in [0.15, 0.2) is 17.0 Å². The zero-order valence-electron chi connectivity index (χ0n) is 11.9. The Labute approximate surface area is 123 Å². The highest BCUT2D eigenvalue weighted by Gasteiger charge is 2.29. The Morgan fingerprint density at radius 2 is 2.05 bits per heavy atom. The van der Waals surface area contributed by atoms with E-state index in [4.69, 9.17) is 5.73 Å². The molecule has 21 heavy (non-hydrogen) atoms. The summed E-state index contributed by atoms with van der Waals surface area (Å²) in [6.07, 6.45) is 3.54. The summed E-state index contributed by atoms with van der Waals surface area (Å²) in [5.74, 6) is -2.02. The summed E-state index contributed by atoms with van der Waals surface area (Å²) in [6.45, 7) is 1.81. The molecule has 0 aromatic heterocycles. The second-order valence-corrected chi connectivity index (χ2v) is 7.18. The number of hydrogen-bond donors (Lipinski definition) is 2. The minimum atomic E-state index is -4.10. The van der Waals surface area contributed by atoms with Gasteiger partial charge >= 0.3 is 0 Å². The van der Waals surface area contributed by atoms with E-state index in [0.717, 1.165) is 31.4 Å². The fourth-order valence-electron chi connectivity index (χ4n) is 2.27. The molecule has 0 spiro atoms. The van der Waals surface area contributed by atoms with Crippen molar-refractivity contribution in [3.63, 3.8) is 0 Å². The van der Waals surface area contributed by atoms with Crippen molar-refractivity contribution in [1.82, 2.24) is 4.72 Å². The molecule has 7 heteroatoms. The SMILES string of the molecule is CCC(CC1CC1)NS(=O)(=O)c1cc(CN)cc(F)c1F. The predicted octanol–water partition coefficient (Wildman–Crippen LogP) is 2.28. The van der Waals surface area contributed by atoms with Crippen molar-refractivity contribution < 1.29 is 17.2 Å². The summed E-state index contributed by atoms with van der Waals surface area (Å²) < 4.78 is 54.3. The highest BCUT2D eigenvalue weighted by Crippen LogP contribution is 2.34. The second-order valence-electron chi connectivity index (χ2n) is 5.50. The molecule has 0 heterocycles. The number of benzene rings is 1. The van der Waals surface area contributed by atoms with Crippen molar-refractivity contribution in [2.24, 2.45) is 11.7 Å². The van der Waals surface area contributed by atoms with Gasteiger partial charge in [-0.3, -0.25) is 0 Å². The smallest absolute Gasteiger partial charge is 0.243 e. The standard InChI is InChI=1S/C14H20F2N2O2S/c1-2-11(5-9-3-4-9)18-21(19,20)13-7-10(8-17)6-12(15)14(13)16/h6-7,9,11,18H,2-5,8,17H2,1H3. The van der Waals surface area contributed by atoms with E-state index in [2.05, 4.69) is 4.72 Å². The zero-order chi connectivity index (χ0) is 15.6. The lowest BCUT2D eigenvalue weighted by Gasteiger charge is -2.17. The van der Waals surface area contributed by atoms with Crippen LogP contribution in [0.2, 0.25) is 0 Å². The van der Waals surface area contributed by atoms with Crippen LogP contribution in [0, 0.1) is 17.6 Å². The van der Waals surface area contributed by atoms with Crippen LogP contribution in [-0.4, -0.2) is 14.5 Å². The number of sulfonamides is 1. The van der Waals surface area contributed by atoms with E-state index < -0.39 is 26.6 Å². The molecule has 3 N–H and O–H groups in total. The van der Waals surface area contributed by atoms with Gasteiger partial charge < -0.3 is 5.73 Å². The zero-order valence-corrected chi connectivity index (χ0v) is 12.7. The molecule has 0 bridgehead atoms. The minimum Gasteiger partial charge on any atom is -0.326 e. The summed E-state index contributed by atoms with van der Waals surface area (Å²) >= 11 is 0. The number of rotatable bonds is 7. The van der Waals surface area contributed by atoms with Crippen LogP contribution in [0.25, 0.3) is 0 Å². The predicted molar refractivity (Wildman–Crippen MR) is 76.0 cm³/mol. The highest BCUT2D eigenvalue weighted by atomic mass is 32.2. The van der Waals surface area contributed by atoms with E-state index in [-0.39, 0.29) is 18.2 Å². The Balaban J connectivity index is 2.27. The maximum absolute atomic E-state index is 13.8. The molecule has 1 aliphatic carbocycles. The molecule has 0 saturated heterocycles. The van der Waals surface area contributed by atoms with Crippen molar-refractivity contribution in [2.45, 2.75) is 50.1 Å². The summed E-state index contributed by atoms with van der Waals surface area (Å²) in [6, 6.07) is 1.74. The lowest BCUT2D eigenvalue weighted by molar-refractivity contribution is 0.470. The summed E-state index contributed by atoms with van der Waals surface area (Å²) in [5.41, 5.74) is 5.62. The van der Waals surface area contributed by atoms with Gasteiger partial charge in [0, 0.05) is 12.6 Å². The van der Waals surface area contributed by atoms with Gasteiger partial charge in [-0.05, 0) is 36.5 Å². The second kappa shape index (κ2) is 6.37. The summed E-state index contributed by atoms with van der Waals surface area (Å²) in [7, 11) is -4.10. The van der Waals surface area contributed by atoms with E-state index in [9.17, 15) is 17.2 Å². The molecular formula is C14H20F2N2O2S. The number of halogens is 2. The van der Waals surface area contributed by atoms with Crippen molar-refractivity contribution in [3.05, 3.63) is 29.3 Å². The average Bonchev–Trinajstić information content (AvgIpc) is 3.24. The van der Waals surface area contributed by atoms with Crippen LogP contribution >= 0.6 is 0 Å². The number of nitrogens with one attached hydrogen (secondary N) is 1. The fraction of sp³-hybridized carbons (Fsp3) is 0.571. The Morgan fingerprint density at radius 3 is 2.57 bits per heavy atom. The molecule has 1 aliphatic rings. The van der Waals surface area contributed by atoms with Gasteiger partial charge in [0.2, 0.25) is 10.0 Å². The third-order valence-electron chi connectivity index (χ3n) is 3.71. The van der Waals surface area contributed by atoms with Gasteiger partial charge in [0.1, 0.15) is 4.90 Å². The first-order valence-corrected chi connectivity index (χ1v) is 8.56. The summed E-state index contributed by atoms with van der Waals surface area (Å²) in [4.78, 5) is -0.669. The third-order valence-corrected chi connectivity index (χ3v) is 5.23. The lowest BCUT2D eigenvalue weighted by atomic mass is 10.1. The molecule has 118 valence electrons.